The van der Waals surface area contributed by atoms with Gasteiger partial charge in [0.05, 0.1) is 5.69 Å². The third kappa shape index (κ3) is 1.21. The molecule has 0 spiro atoms. The number of aryl methyl sites for hydroxylation is 1. The van der Waals surface area contributed by atoms with Crippen LogP contribution in [0.5, 0.6) is 0 Å². The number of hydrogen-bond acceptors (Lipinski definition) is 2. The Morgan fingerprint density at radius 3 is 2.92 bits per heavy atom. The lowest BCUT2D eigenvalue weighted by Gasteiger charge is -1.98. The first-order valence-electron chi connectivity index (χ1n) is 3.61. The first kappa shape index (κ1) is 8.31. The lowest BCUT2D eigenvalue weighted by Crippen LogP contribution is -1.83. The molecule has 0 bridgehead atoms. The molecule has 0 radical (unpaired) electrons. The number of anilines is 1. The third-order valence-corrected chi connectivity index (χ3v) is 4.01. The Labute approximate surface area is 88.7 Å². The van der Waals surface area contributed by atoms with Crippen molar-refractivity contribution in [2.45, 2.75) is 6.92 Å². The highest BCUT2D eigenvalue weighted by Gasteiger charge is 2.02. The fraction of sp³-hybridized carbons (Fsp3) is 0.111. The molecule has 0 aliphatic carbocycles. The highest BCUT2D eigenvalue weighted by atomic mass is 127. The van der Waals surface area contributed by atoms with E-state index < -0.39 is 0 Å². The summed E-state index contributed by atoms with van der Waals surface area (Å²) in [6.45, 7) is 2.11. The van der Waals surface area contributed by atoms with Gasteiger partial charge in [-0.15, -0.1) is 11.3 Å². The van der Waals surface area contributed by atoms with Crippen LogP contribution in [0.15, 0.2) is 17.5 Å². The molecule has 12 heavy (non-hydrogen) atoms. The Hall–Kier alpha value is -0.290. The molecule has 0 aliphatic rings. The largest absolute Gasteiger partial charge is 0.398 e. The summed E-state index contributed by atoms with van der Waals surface area (Å²) in [4.78, 5) is 0. The lowest BCUT2D eigenvalue weighted by molar-refractivity contribution is 1.47. The van der Waals surface area contributed by atoms with Crippen molar-refractivity contribution in [3.05, 3.63) is 26.6 Å². The summed E-state index contributed by atoms with van der Waals surface area (Å²) in [6.07, 6.45) is 0. The average Bonchev–Trinajstić information content (AvgIpc) is 2.35. The summed E-state index contributed by atoms with van der Waals surface area (Å²) in [5, 5.41) is 3.19. The van der Waals surface area contributed by atoms with Crippen molar-refractivity contribution in [1.29, 1.82) is 0 Å². The molecule has 0 amide bonds. The van der Waals surface area contributed by atoms with Gasteiger partial charge in [-0.1, -0.05) is 0 Å². The molecular formula is C9H8INS. The normalized spacial score (nSPS) is 10.8. The molecule has 0 aliphatic heterocycles. The zero-order chi connectivity index (χ0) is 8.72. The standard InChI is InChI=1S/C9H8INS/c1-5-2-6-8(11)4-12-9(6)3-7(5)10/h2-4H,11H2,1H3. The molecule has 1 aromatic carbocycles. The third-order valence-electron chi connectivity index (χ3n) is 1.88. The van der Waals surface area contributed by atoms with Crippen LogP contribution >= 0.6 is 33.9 Å². The summed E-state index contributed by atoms with van der Waals surface area (Å²) < 4.78 is 2.59. The molecule has 1 aromatic heterocycles. The predicted molar refractivity (Wildman–Crippen MR) is 63.7 cm³/mol. The van der Waals surface area contributed by atoms with Gasteiger partial charge in [-0.2, -0.15) is 0 Å². The second-order valence-electron chi connectivity index (χ2n) is 2.79. The zero-order valence-electron chi connectivity index (χ0n) is 6.60. The van der Waals surface area contributed by atoms with Gasteiger partial charge in [0.15, 0.2) is 0 Å². The topological polar surface area (TPSA) is 26.0 Å². The number of fused-ring (bicyclic) bond motifs is 1. The van der Waals surface area contributed by atoms with Gasteiger partial charge < -0.3 is 5.73 Å². The molecule has 0 unspecified atom stereocenters. The van der Waals surface area contributed by atoms with E-state index >= 15 is 0 Å². The quantitative estimate of drug-likeness (QED) is 0.739. The molecule has 0 atom stereocenters. The van der Waals surface area contributed by atoms with Gasteiger partial charge in [0, 0.05) is 19.0 Å². The highest BCUT2D eigenvalue weighted by Crippen LogP contribution is 2.30. The highest BCUT2D eigenvalue weighted by molar-refractivity contribution is 14.1. The van der Waals surface area contributed by atoms with Gasteiger partial charge in [0.1, 0.15) is 0 Å². The Morgan fingerprint density at radius 2 is 2.17 bits per heavy atom. The maximum absolute atomic E-state index is 5.80. The SMILES string of the molecule is Cc1cc2c(N)csc2cc1I. The minimum absolute atomic E-state index is 0.898. The van der Waals surface area contributed by atoms with Crippen molar-refractivity contribution >= 4 is 49.7 Å². The number of hydrogen-bond donors (Lipinski definition) is 1. The van der Waals surface area contributed by atoms with Crippen LogP contribution in [0.1, 0.15) is 5.56 Å². The minimum atomic E-state index is 0.898. The summed E-state index contributed by atoms with van der Waals surface area (Å²) >= 11 is 4.05. The van der Waals surface area contributed by atoms with Gasteiger partial charge in [0.2, 0.25) is 0 Å². The molecule has 2 rings (SSSR count). The van der Waals surface area contributed by atoms with E-state index in [-0.39, 0.29) is 0 Å². The van der Waals surface area contributed by atoms with E-state index in [9.17, 15) is 0 Å². The van der Waals surface area contributed by atoms with Crippen molar-refractivity contribution < 1.29 is 0 Å². The number of nitrogen functional groups attached to an aromatic ring is 1. The smallest absolute Gasteiger partial charge is 0.0502 e. The number of rotatable bonds is 0. The van der Waals surface area contributed by atoms with Gasteiger partial charge >= 0.3 is 0 Å². The molecule has 62 valence electrons. The first-order valence-corrected chi connectivity index (χ1v) is 5.57. The first-order chi connectivity index (χ1) is 5.68. The lowest BCUT2D eigenvalue weighted by atomic mass is 10.2. The summed E-state index contributed by atoms with van der Waals surface area (Å²) in [6, 6.07) is 4.34. The zero-order valence-corrected chi connectivity index (χ0v) is 9.57. The van der Waals surface area contributed by atoms with Crippen molar-refractivity contribution in [3.63, 3.8) is 0 Å². The van der Waals surface area contributed by atoms with Gasteiger partial charge in [-0.3, -0.25) is 0 Å². The Balaban J connectivity index is 2.87. The van der Waals surface area contributed by atoms with E-state index in [2.05, 4.69) is 41.6 Å². The maximum Gasteiger partial charge on any atom is 0.0502 e. The Kier molecular flexibility index (Phi) is 2.00. The van der Waals surface area contributed by atoms with Gasteiger partial charge in [-0.25, -0.2) is 0 Å². The van der Waals surface area contributed by atoms with E-state index in [1.54, 1.807) is 11.3 Å². The van der Waals surface area contributed by atoms with E-state index in [4.69, 9.17) is 5.73 Å². The average molecular weight is 289 g/mol. The second kappa shape index (κ2) is 2.88. The number of halogens is 1. The molecule has 0 saturated heterocycles. The van der Waals surface area contributed by atoms with Crippen LogP contribution in [0.4, 0.5) is 5.69 Å². The van der Waals surface area contributed by atoms with Crippen LogP contribution in [-0.2, 0) is 0 Å². The Morgan fingerprint density at radius 1 is 1.42 bits per heavy atom. The number of thiophene rings is 1. The van der Waals surface area contributed by atoms with Crippen molar-refractivity contribution in [3.8, 4) is 0 Å². The van der Waals surface area contributed by atoms with Crippen LogP contribution in [-0.4, -0.2) is 0 Å². The van der Waals surface area contributed by atoms with E-state index in [1.165, 1.54) is 19.2 Å². The summed E-state index contributed by atoms with van der Waals surface area (Å²) in [5.41, 5.74) is 8.00. The van der Waals surface area contributed by atoms with Crippen molar-refractivity contribution in [2.75, 3.05) is 5.73 Å². The summed E-state index contributed by atoms with van der Waals surface area (Å²) in [5.74, 6) is 0. The fourth-order valence-electron chi connectivity index (χ4n) is 1.18. The molecule has 2 aromatic rings. The molecule has 2 N–H and O–H groups in total. The molecular weight excluding hydrogens is 281 g/mol. The molecule has 0 fully saturated rings. The van der Waals surface area contributed by atoms with Crippen molar-refractivity contribution in [1.82, 2.24) is 0 Å². The van der Waals surface area contributed by atoms with Crippen LogP contribution in [0.3, 0.4) is 0 Å². The van der Waals surface area contributed by atoms with E-state index in [1.807, 2.05) is 5.38 Å². The van der Waals surface area contributed by atoms with Crippen LogP contribution < -0.4 is 5.73 Å². The van der Waals surface area contributed by atoms with Crippen LogP contribution in [0.2, 0.25) is 0 Å². The number of benzene rings is 1. The molecule has 3 heteroatoms. The van der Waals surface area contributed by atoms with Gasteiger partial charge in [-0.05, 0) is 47.2 Å². The summed E-state index contributed by atoms with van der Waals surface area (Å²) in [7, 11) is 0. The maximum atomic E-state index is 5.80. The monoisotopic (exact) mass is 289 g/mol. The molecule has 1 nitrogen and oxygen atoms in total. The van der Waals surface area contributed by atoms with E-state index in [0.29, 0.717) is 0 Å². The van der Waals surface area contributed by atoms with Crippen molar-refractivity contribution in [2.24, 2.45) is 0 Å². The number of nitrogens with two attached hydrogens (primary N) is 1. The second-order valence-corrected chi connectivity index (χ2v) is 4.86. The predicted octanol–water partition coefficient (Wildman–Crippen LogP) is 3.40. The van der Waals surface area contributed by atoms with Gasteiger partial charge in [0.25, 0.3) is 0 Å². The van der Waals surface area contributed by atoms with Crippen LogP contribution in [0, 0.1) is 10.5 Å². The van der Waals surface area contributed by atoms with E-state index in [0.717, 1.165) is 5.69 Å². The molecule has 0 saturated carbocycles. The molecule has 1 heterocycles. The fourth-order valence-corrected chi connectivity index (χ4v) is 2.73. The Bertz CT molecular complexity index is 433. The van der Waals surface area contributed by atoms with Crippen LogP contribution in [0.25, 0.3) is 10.1 Å². The minimum Gasteiger partial charge on any atom is -0.398 e.